The quantitative estimate of drug-likeness (QED) is 0.659. The average Bonchev–Trinajstić information content (AvgIpc) is 3.30. The van der Waals surface area contributed by atoms with Crippen LogP contribution in [0.2, 0.25) is 0 Å². The number of aryl methyl sites for hydroxylation is 2. The Morgan fingerprint density at radius 2 is 2.00 bits per heavy atom. The summed E-state index contributed by atoms with van der Waals surface area (Å²) in [6, 6.07) is 17.0. The molecule has 4 nitrogen and oxygen atoms in total. The van der Waals surface area contributed by atoms with Crippen LogP contribution in [0.25, 0.3) is 0 Å². The second-order valence-corrected chi connectivity index (χ2v) is 8.43. The van der Waals surface area contributed by atoms with Crippen LogP contribution in [0.4, 0.5) is 5.69 Å². The lowest BCUT2D eigenvalue weighted by molar-refractivity contribution is -0.115. The van der Waals surface area contributed by atoms with E-state index in [4.69, 9.17) is 0 Å². The minimum atomic E-state index is -0.0252. The Bertz CT molecular complexity index is 964. The molecule has 2 aromatic carbocycles. The monoisotopic (exact) mass is 391 g/mol. The molecule has 1 heterocycles. The van der Waals surface area contributed by atoms with Crippen LogP contribution in [0.1, 0.15) is 39.9 Å². The molecular formula is C23H25N3OS. The number of benzene rings is 2. The van der Waals surface area contributed by atoms with Crippen molar-refractivity contribution in [3.8, 4) is 0 Å². The number of nitrogens with zero attached hydrogens (tertiary/aromatic N) is 2. The summed E-state index contributed by atoms with van der Waals surface area (Å²) in [6.07, 6.45) is 2.62. The van der Waals surface area contributed by atoms with Crippen molar-refractivity contribution in [2.24, 2.45) is 0 Å². The zero-order chi connectivity index (χ0) is 19.5. The molecule has 28 heavy (non-hydrogen) atoms. The minimum absolute atomic E-state index is 0.0252. The van der Waals surface area contributed by atoms with E-state index in [2.05, 4.69) is 51.9 Å². The smallest absolute Gasteiger partial charge is 0.231 e. The highest BCUT2D eigenvalue weighted by Gasteiger charge is 2.25. The zero-order valence-corrected chi connectivity index (χ0v) is 17.1. The molecule has 4 rings (SSSR count). The topological polar surface area (TPSA) is 45.2 Å². The van der Waals surface area contributed by atoms with Crippen LogP contribution in [0.15, 0.2) is 53.9 Å². The molecule has 0 saturated carbocycles. The number of anilines is 1. The largest absolute Gasteiger partial charge is 0.326 e. The summed E-state index contributed by atoms with van der Waals surface area (Å²) in [7, 11) is 2.16. The molecule has 0 saturated heterocycles. The van der Waals surface area contributed by atoms with Crippen LogP contribution in [0, 0.1) is 6.92 Å². The summed E-state index contributed by atoms with van der Waals surface area (Å²) in [5.74, 6) is -0.0252. The van der Waals surface area contributed by atoms with Gasteiger partial charge >= 0.3 is 0 Å². The van der Waals surface area contributed by atoms with Crippen molar-refractivity contribution in [2.75, 3.05) is 12.4 Å². The lowest BCUT2D eigenvalue weighted by Gasteiger charge is -2.24. The average molecular weight is 392 g/mol. The Balaban J connectivity index is 1.34. The number of carbonyl (C=O) groups excluding carboxylic acids is 1. The van der Waals surface area contributed by atoms with E-state index in [0.717, 1.165) is 35.8 Å². The van der Waals surface area contributed by atoms with Gasteiger partial charge in [-0.3, -0.25) is 9.69 Å². The van der Waals surface area contributed by atoms with Gasteiger partial charge in [-0.1, -0.05) is 42.0 Å². The standard InChI is InChI=1S/C23H25N3OS/c1-16-7-10-18(11-8-16)24-22(27)13-23-25-19(15-28-23)14-26(2)21-12-9-17-5-3-4-6-20(17)21/h3-8,10-11,15,21H,9,12-14H2,1-2H3,(H,24,27). The van der Waals surface area contributed by atoms with E-state index in [1.165, 1.54) is 16.7 Å². The van der Waals surface area contributed by atoms with Gasteiger partial charge in [0.25, 0.3) is 0 Å². The number of aromatic nitrogens is 1. The molecule has 144 valence electrons. The van der Waals surface area contributed by atoms with Gasteiger partial charge < -0.3 is 5.32 Å². The minimum Gasteiger partial charge on any atom is -0.326 e. The summed E-state index contributed by atoms with van der Waals surface area (Å²) >= 11 is 1.56. The summed E-state index contributed by atoms with van der Waals surface area (Å²) in [5.41, 5.74) is 5.95. The van der Waals surface area contributed by atoms with E-state index < -0.39 is 0 Å². The van der Waals surface area contributed by atoms with Gasteiger partial charge in [-0.2, -0.15) is 0 Å². The Hall–Kier alpha value is -2.50. The van der Waals surface area contributed by atoms with Crippen LogP contribution in [0.5, 0.6) is 0 Å². The molecule has 1 unspecified atom stereocenters. The van der Waals surface area contributed by atoms with Gasteiger partial charge in [0, 0.05) is 23.7 Å². The molecule has 5 heteroatoms. The van der Waals surface area contributed by atoms with Crippen LogP contribution in [-0.4, -0.2) is 22.8 Å². The van der Waals surface area contributed by atoms with Crippen LogP contribution in [-0.2, 0) is 24.2 Å². The number of amides is 1. The molecule has 1 N–H and O–H groups in total. The van der Waals surface area contributed by atoms with E-state index >= 15 is 0 Å². The molecule has 0 spiro atoms. The van der Waals surface area contributed by atoms with Gasteiger partial charge in [0.2, 0.25) is 5.91 Å². The van der Waals surface area contributed by atoms with Crippen LogP contribution < -0.4 is 5.32 Å². The molecule has 0 radical (unpaired) electrons. The number of hydrogen-bond donors (Lipinski definition) is 1. The SMILES string of the molecule is Cc1ccc(NC(=O)Cc2nc(CN(C)C3CCc4ccccc43)cs2)cc1. The maximum Gasteiger partial charge on any atom is 0.231 e. The lowest BCUT2D eigenvalue weighted by atomic mass is 10.1. The van der Waals surface area contributed by atoms with Gasteiger partial charge in [0.1, 0.15) is 5.01 Å². The summed E-state index contributed by atoms with van der Waals surface area (Å²) in [6.45, 7) is 2.83. The summed E-state index contributed by atoms with van der Waals surface area (Å²) in [5, 5.41) is 5.88. The number of thiazole rings is 1. The van der Waals surface area contributed by atoms with Crippen molar-refractivity contribution in [3.05, 3.63) is 81.3 Å². The van der Waals surface area contributed by atoms with Crippen molar-refractivity contribution in [3.63, 3.8) is 0 Å². The predicted molar refractivity (Wildman–Crippen MR) is 115 cm³/mol. The fourth-order valence-electron chi connectivity index (χ4n) is 3.84. The molecule has 1 atom stereocenters. The number of carbonyl (C=O) groups is 1. The number of fused-ring (bicyclic) bond motifs is 1. The van der Waals surface area contributed by atoms with Gasteiger partial charge in [-0.05, 0) is 50.1 Å². The van der Waals surface area contributed by atoms with Crippen molar-refractivity contribution < 1.29 is 4.79 Å². The fraction of sp³-hybridized carbons (Fsp3) is 0.304. The molecule has 0 fully saturated rings. The second kappa shape index (κ2) is 8.25. The Morgan fingerprint density at radius 3 is 2.82 bits per heavy atom. The first-order valence-electron chi connectivity index (χ1n) is 9.66. The van der Waals surface area contributed by atoms with E-state index in [-0.39, 0.29) is 5.91 Å². The molecule has 1 amide bonds. The van der Waals surface area contributed by atoms with Gasteiger partial charge in [0.05, 0.1) is 12.1 Å². The van der Waals surface area contributed by atoms with Crippen molar-refractivity contribution >= 4 is 22.9 Å². The molecule has 3 aromatic rings. The van der Waals surface area contributed by atoms with Crippen molar-refractivity contribution in [1.29, 1.82) is 0 Å². The molecule has 1 aliphatic carbocycles. The first-order valence-corrected chi connectivity index (χ1v) is 10.5. The Kier molecular flexibility index (Phi) is 5.55. The van der Waals surface area contributed by atoms with E-state index in [1.807, 2.05) is 31.2 Å². The van der Waals surface area contributed by atoms with Gasteiger partial charge in [-0.15, -0.1) is 11.3 Å². The third kappa shape index (κ3) is 4.32. The molecule has 1 aromatic heterocycles. The Morgan fingerprint density at radius 1 is 1.21 bits per heavy atom. The molecular weight excluding hydrogens is 366 g/mol. The number of nitrogens with one attached hydrogen (secondary N) is 1. The normalized spacial score (nSPS) is 15.6. The zero-order valence-electron chi connectivity index (χ0n) is 16.3. The van der Waals surface area contributed by atoms with Crippen LogP contribution in [0.3, 0.4) is 0 Å². The van der Waals surface area contributed by atoms with Gasteiger partial charge in [-0.25, -0.2) is 4.98 Å². The number of hydrogen-bond acceptors (Lipinski definition) is 4. The third-order valence-electron chi connectivity index (χ3n) is 5.29. The van der Waals surface area contributed by atoms with E-state index in [0.29, 0.717) is 12.5 Å². The maximum absolute atomic E-state index is 12.3. The van der Waals surface area contributed by atoms with Gasteiger partial charge in [0.15, 0.2) is 0 Å². The lowest BCUT2D eigenvalue weighted by Crippen LogP contribution is -2.22. The predicted octanol–water partition coefficient (Wildman–Crippen LogP) is 4.75. The fourth-order valence-corrected chi connectivity index (χ4v) is 4.62. The highest BCUT2D eigenvalue weighted by molar-refractivity contribution is 7.09. The first-order chi connectivity index (χ1) is 13.6. The van der Waals surface area contributed by atoms with Crippen molar-refractivity contribution in [2.45, 2.75) is 38.8 Å². The van der Waals surface area contributed by atoms with Crippen molar-refractivity contribution in [1.82, 2.24) is 9.88 Å². The highest BCUT2D eigenvalue weighted by atomic mass is 32.1. The first kappa shape index (κ1) is 18.8. The van der Waals surface area contributed by atoms with E-state index in [1.54, 1.807) is 11.3 Å². The summed E-state index contributed by atoms with van der Waals surface area (Å²) in [4.78, 5) is 19.4. The van der Waals surface area contributed by atoms with E-state index in [9.17, 15) is 4.79 Å². The maximum atomic E-state index is 12.3. The number of rotatable bonds is 6. The molecule has 1 aliphatic rings. The van der Waals surface area contributed by atoms with Crippen LogP contribution >= 0.6 is 11.3 Å². The highest BCUT2D eigenvalue weighted by Crippen LogP contribution is 2.35. The molecule has 0 aliphatic heterocycles. The molecule has 0 bridgehead atoms. The third-order valence-corrected chi connectivity index (χ3v) is 6.19. The Labute approximate surface area is 170 Å². The second-order valence-electron chi connectivity index (χ2n) is 7.49. The summed E-state index contributed by atoms with van der Waals surface area (Å²) < 4.78 is 0.